The number of hydrogen-bond acceptors (Lipinski definition) is 22. The molecule has 8 rings (SSSR count). The Morgan fingerprint density at radius 3 is 1.80 bits per heavy atom. The molecular formula is C53H90O22. The van der Waals surface area contributed by atoms with Crippen molar-refractivity contribution in [1.29, 1.82) is 0 Å². The highest BCUT2D eigenvalue weighted by atomic mass is 16.8. The second-order valence-corrected chi connectivity index (χ2v) is 25.3. The van der Waals surface area contributed by atoms with Gasteiger partial charge in [0.05, 0.1) is 44.2 Å². The van der Waals surface area contributed by atoms with Crippen molar-refractivity contribution in [2.75, 3.05) is 26.4 Å². The Balaban J connectivity index is 1.01. The smallest absolute Gasteiger partial charge is 0.187 e. The molecule has 0 aromatic heterocycles. The molecule has 22 nitrogen and oxygen atoms in total. The third-order valence-electron chi connectivity index (χ3n) is 20.5. The molecule has 29 atom stereocenters. The first-order valence-corrected chi connectivity index (χ1v) is 27.3. The Labute approximate surface area is 439 Å². The van der Waals surface area contributed by atoms with Crippen LogP contribution < -0.4 is 0 Å². The van der Waals surface area contributed by atoms with Gasteiger partial charge in [-0.15, -0.1) is 0 Å². The summed E-state index contributed by atoms with van der Waals surface area (Å²) in [4.78, 5) is 0. The Morgan fingerprint density at radius 1 is 0.587 bits per heavy atom. The average molecular weight is 1080 g/mol. The van der Waals surface area contributed by atoms with Gasteiger partial charge < -0.3 is 109 Å². The van der Waals surface area contributed by atoms with Gasteiger partial charge >= 0.3 is 0 Å². The highest BCUT2D eigenvalue weighted by Gasteiger charge is 2.72. The number of ether oxygens (including phenoxy) is 8. The lowest BCUT2D eigenvalue weighted by Gasteiger charge is -2.71. The molecule has 0 aromatic carbocycles. The maximum atomic E-state index is 12.8. The van der Waals surface area contributed by atoms with E-state index in [2.05, 4.69) is 40.7 Å². The van der Waals surface area contributed by atoms with Gasteiger partial charge in [-0.25, -0.2) is 0 Å². The molecule has 0 unspecified atom stereocenters. The quantitative estimate of drug-likeness (QED) is 0.0651. The molecule has 22 heteroatoms. The molecule has 4 aliphatic heterocycles. The van der Waals surface area contributed by atoms with E-state index in [0.717, 1.165) is 24.8 Å². The summed E-state index contributed by atoms with van der Waals surface area (Å²) in [5.74, 6) is -0.395. The van der Waals surface area contributed by atoms with Crippen LogP contribution in [0.4, 0.5) is 0 Å². The van der Waals surface area contributed by atoms with Gasteiger partial charge in [-0.2, -0.15) is 0 Å². The molecule has 434 valence electrons. The lowest BCUT2D eigenvalue weighted by molar-refractivity contribution is -0.378. The molecule has 0 radical (unpaired) electrons. The van der Waals surface area contributed by atoms with Crippen LogP contribution in [0.3, 0.4) is 0 Å². The minimum Gasteiger partial charge on any atom is -0.394 e. The van der Waals surface area contributed by atoms with Gasteiger partial charge in [0.2, 0.25) is 0 Å². The third-order valence-corrected chi connectivity index (χ3v) is 20.5. The summed E-state index contributed by atoms with van der Waals surface area (Å²) in [6, 6.07) is 0. The Morgan fingerprint density at radius 2 is 1.16 bits per heavy atom. The second-order valence-electron chi connectivity index (χ2n) is 25.3. The zero-order valence-electron chi connectivity index (χ0n) is 44.7. The minimum atomic E-state index is -1.81. The first-order valence-electron chi connectivity index (χ1n) is 27.3. The molecule has 4 saturated heterocycles. The van der Waals surface area contributed by atoms with Crippen LogP contribution in [-0.2, 0) is 37.9 Å². The summed E-state index contributed by atoms with van der Waals surface area (Å²) < 4.78 is 48.8. The standard InChI is InChI=1S/C53H90O22/c1-23(2)10-9-14-53(8,75-47-43(67)39(63)37(61)29(72-47)22-69-45-41(65)34(58)26(57)21-68-45)24-11-16-52(7)33(24)25(56)18-31-50(5)15-13-32(49(3,4)30(50)12-17-51(31,52)6)73-48-44(40(64)36(60)28(20-55)71-48)74-46-42(66)38(62)35(59)27(19-54)70-46/h10,24-48,54-67H,9,11-22H2,1-8H3/t24-,25+,26+,27-,28+,29+,30+,31+,32+,33-,34+,35-,36+,37+,38+,39-,40-,41-,42-,43+,44+,45+,46+,47+,48+,50-,51+,52+,53-/m0/s1. The highest BCUT2D eigenvalue weighted by Crippen LogP contribution is 2.76. The topological polar surface area (TPSA) is 357 Å². The van der Waals surface area contributed by atoms with Crippen molar-refractivity contribution in [2.24, 2.45) is 45.3 Å². The zero-order chi connectivity index (χ0) is 55.1. The summed E-state index contributed by atoms with van der Waals surface area (Å²) in [5.41, 5.74) is -1.48. The molecule has 4 aliphatic carbocycles. The first kappa shape index (κ1) is 60.0. The van der Waals surface area contributed by atoms with Crippen LogP contribution in [0.25, 0.3) is 0 Å². The number of hydrogen-bond donors (Lipinski definition) is 14. The molecule has 0 amide bonds. The fourth-order valence-electron chi connectivity index (χ4n) is 16.0. The van der Waals surface area contributed by atoms with Crippen LogP contribution in [0.5, 0.6) is 0 Å². The van der Waals surface area contributed by atoms with E-state index in [0.29, 0.717) is 38.5 Å². The first-order chi connectivity index (χ1) is 35.1. The third kappa shape index (κ3) is 10.6. The maximum absolute atomic E-state index is 12.8. The number of rotatable bonds is 15. The number of aliphatic hydroxyl groups is 14. The SMILES string of the molecule is CC(C)=CCC[C@](C)(O[C@H]1O[C@H](CO[C@H]2OC[C@@H](O)[C@@H](O)[C@@H]2O)[C@@H](O)[C@H](O)[C@H]1O)[C@H]1CC[C@]2(C)[C@@H]1[C@H](O)C[C@@H]1[C@@]3(C)CC[C@@H](O[C@H]4O[C@H](CO)[C@@H](O)[C@H](O)[C@H]4O[C@H]4O[C@@H](CO)[C@H](O)[C@@H](O)[C@@H]4O)C(C)(C)[C@H]3CC[C@]12C. The van der Waals surface area contributed by atoms with E-state index in [4.69, 9.17) is 37.9 Å². The molecule has 14 N–H and O–H groups in total. The summed E-state index contributed by atoms with van der Waals surface area (Å²) in [6.45, 7) is 15.1. The van der Waals surface area contributed by atoms with Gasteiger partial charge in [0.15, 0.2) is 25.2 Å². The van der Waals surface area contributed by atoms with Crippen molar-refractivity contribution < 1.29 is 109 Å². The van der Waals surface area contributed by atoms with Gasteiger partial charge in [-0.05, 0) is 124 Å². The molecule has 0 bridgehead atoms. The van der Waals surface area contributed by atoms with E-state index < -0.39 is 165 Å². The maximum Gasteiger partial charge on any atom is 0.187 e. The second kappa shape index (κ2) is 22.7. The van der Waals surface area contributed by atoms with Crippen LogP contribution in [0.15, 0.2) is 11.6 Å². The van der Waals surface area contributed by atoms with Gasteiger partial charge in [0.25, 0.3) is 0 Å². The summed E-state index contributed by atoms with van der Waals surface area (Å²) in [6.07, 6.45) is -22.6. The fraction of sp³-hybridized carbons (Fsp3) is 0.962. The number of aliphatic hydroxyl groups excluding tert-OH is 14. The van der Waals surface area contributed by atoms with E-state index in [1.54, 1.807) is 0 Å². The largest absolute Gasteiger partial charge is 0.394 e. The summed E-state index contributed by atoms with van der Waals surface area (Å²) >= 11 is 0. The molecule has 4 saturated carbocycles. The molecule has 75 heavy (non-hydrogen) atoms. The van der Waals surface area contributed by atoms with Crippen LogP contribution in [0, 0.1) is 45.3 Å². The predicted molar refractivity (Wildman–Crippen MR) is 260 cm³/mol. The average Bonchev–Trinajstić information content (AvgIpc) is 3.75. The van der Waals surface area contributed by atoms with Gasteiger partial charge in [-0.3, -0.25) is 0 Å². The van der Waals surface area contributed by atoms with Crippen molar-refractivity contribution in [3.63, 3.8) is 0 Å². The number of allylic oxidation sites excluding steroid dienone is 2. The van der Waals surface area contributed by atoms with Gasteiger partial charge in [0.1, 0.15) is 91.6 Å². The van der Waals surface area contributed by atoms with E-state index >= 15 is 0 Å². The molecule has 0 aromatic rings. The molecule has 8 aliphatic rings. The Bertz CT molecular complexity index is 1940. The summed E-state index contributed by atoms with van der Waals surface area (Å²) in [7, 11) is 0. The van der Waals surface area contributed by atoms with E-state index in [1.165, 1.54) is 0 Å². The molecule has 0 spiro atoms. The van der Waals surface area contributed by atoms with Crippen molar-refractivity contribution in [3.8, 4) is 0 Å². The summed E-state index contributed by atoms with van der Waals surface area (Å²) in [5, 5.41) is 151. The van der Waals surface area contributed by atoms with E-state index in [1.807, 2.05) is 20.8 Å². The Hall–Kier alpha value is -1.14. The van der Waals surface area contributed by atoms with Crippen LogP contribution >= 0.6 is 0 Å². The lowest BCUT2D eigenvalue weighted by atomic mass is 9.35. The predicted octanol–water partition coefficient (Wildman–Crippen LogP) is -1.56. The highest BCUT2D eigenvalue weighted by molar-refractivity contribution is 5.20. The van der Waals surface area contributed by atoms with Crippen molar-refractivity contribution in [3.05, 3.63) is 11.6 Å². The lowest BCUT2D eigenvalue weighted by Crippen LogP contribution is -2.68. The van der Waals surface area contributed by atoms with E-state index in [9.17, 15) is 71.5 Å². The van der Waals surface area contributed by atoms with E-state index in [-0.39, 0.29) is 41.1 Å². The van der Waals surface area contributed by atoms with Crippen LogP contribution in [-0.4, -0.2) is 232 Å². The van der Waals surface area contributed by atoms with Crippen LogP contribution in [0.2, 0.25) is 0 Å². The normalized spacial score (nSPS) is 52.7. The van der Waals surface area contributed by atoms with Crippen LogP contribution in [0.1, 0.15) is 113 Å². The Kier molecular flexibility index (Phi) is 18.1. The van der Waals surface area contributed by atoms with Crippen molar-refractivity contribution >= 4 is 0 Å². The van der Waals surface area contributed by atoms with Gasteiger partial charge in [-0.1, -0.05) is 46.3 Å². The molecular weight excluding hydrogens is 989 g/mol. The molecule has 4 heterocycles. The number of fused-ring (bicyclic) bond motifs is 5. The molecule has 8 fully saturated rings. The van der Waals surface area contributed by atoms with Crippen molar-refractivity contribution in [2.45, 2.75) is 248 Å². The zero-order valence-corrected chi connectivity index (χ0v) is 44.7. The fourth-order valence-corrected chi connectivity index (χ4v) is 16.0. The van der Waals surface area contributed by atoms with Gasteiger partial charge in [0, 0.05) is 0 Å². The minimum absolute atomic E-state index is 0.0508. The van der Waals surface area contributed by atoms with Crippen molar-refractivity contribution in [1.82, 2.24) is 0 Å². The monoisotopic (exact) mass is 1080 g/mol.